The molecule has 1 aliphatic carbocycles. The summed E-state index contributed by atoms with van der Waals surface area (Å²) < 4.78 is 0. The lowest BCUT2D eigenvalue weighted by molar-refractivity contribution is 0.0280. The van der Waals surface area contributed by atoms with Crippen LogP contribution >= 0.6 is 0 Å². The van der Waals surface area contributed by atoms with Crippen LogP contribution in [0.25, 0.3) is 0 Å². The summed E-state index contributed by atoms with van der Waals surface area (Å²) in [5, 5.41) is 0. The molecule has 0 aliphatic heterocycles. The van der Waals surface area contributed by atoms with Crippen LogP contribution in [0.5, 0.6) is 0 Å². The van der Waals surface area contributed by atoms with Gasteiger partial charge >= 0.3 is 0 Å². The van der Waals surface area contributed by atoms with E-state index in [-0.39, 0.29) is 0 Å². The molecule has 0 radical (unpaired) electrons. The Hall–Kier alpha value is -0.860. The molecule has 2 heteroatoms. The van der Waals surface area contributed by atoms with Crippen molar-refractivity contribution in [2.24, 2.45) is 23.0 Å². The highest BCUT2D eigenvalue weighted by Gasteiger charge is 2.41. The van der Waals surface area contributed by atoms with E-state index in [9.17, 15) is 0 Å². The van der Waals surface area contributed by atoms with Crippen molar-refractivity contribution in [2.75, 3.05) is 13.1 Å². The highest BCUT2D eigenvalue weighted by Crippen LogP contribution is 2.44. The zero-order valence-electron chi connectivity index (χ0n) is 14.2. The first-order chi connectivity index (χ1) is 9.95. The van der Waals surface area contributed by atoms with Crippen molar-refractivity contribution in [1.82, 2.24) is 4.90 Å². The van der Waals surface area contributed by atoms with Crippen LogP contribution in [0.4, 0.5) is 0 Å². The molecule has 0 spiro atoms. The van der Waals surface area contributed by atoms with Crippen molar-refractivity contribution in [1.29, 1.82) is 0 Å². The molecule has 1 fully saturated rings. The molecule has 1 aromatic rings. The van der Waals surface area contributed by atoms with E-state index in [0.717, 1.165) is 19.0 Å². The minimum atomic E-state index is 0.335. The van der Waals surface area contributed by atoms with Gasteiger partial charge in [-0.3, -0.25) is 4.90 Å². The largest absolute Gasteiger partial charge is 0.327 e. The molecule has 2 rings (SSSR count). The Morgan fingerprint density at radius 2 is 1.86 bits per heavy atom. The smallest absolute Gasteiger partial charge is 0.0233 e. The molecule has 0 bridgehead atoms. The van der Waals surface area contributed by atoms with Gasteiger partial charge in [0.05, 0.1) is 0 Å². The van der Waals surface area contributed by atoms with Gasteiger partial charge in [0.2, 0.25) is 0 Å². The fraction of sp³-hybridized carbons (Fsp3) is 0.684. The predicted molar refractivity (Wildman–Crippen MR) is 91.0 cm³/mol. The monoisotopic (exact) mass is 288 g/mol. The van der Waals surface area contributed by atoms with Crippen molar-refractivity contribution < 1.29 is 0 Å². The maximum atomic E-state index is 6.29. The van der Waals surface area contributed by atoms with E-state index in [1.807, 2.05) is 0 Å². The Kier molecular flexibility index (Phi) is 5.45. The molecule has 0 aromatic heterocycles. The molecule has 2 N–H and O–H groups in total. The zero-order chi connectivity index (χ0) is 15.5. The van der Waals surface area contributed by atoms with Crippen LogP contribution < -0.4 is 5.73 Å². The highest BCUT2D eigenvalue weighted by molar-refractivity contribution is 5.14. The SMILES string of the molecule is CCN(Cc1ccccc1)CC1CCC(N)C(C)C1(C)C. The average Bonchev–Trinajstić information content (AvgIpc) is 2.48. The molecule has 3 atom stereocenters. The quantitative estimate of drug-likeness (QED) is 0.890. The van der Waals surface area contributed by atoms with Crippen LogP contribution in [0.3, 0.4) is 0 Å². The summed E-state index contributed by atoms with van der Waals surface area (Å²) in [6.07, 6.45) is 2.45. The number of nitrogens with two attached hydrogens (primary N) is 1. The molecule has 1 aromatic carbocycles. The third-order valence-electron chi connectivity index (χ3n) is 5.89. The minimum Gasteiger partial charge on any atom is -0.327 e. The van der Waals surface area contributed by atoms with Gasteiger partial charge in [-0.2, -0.15) is 0 Å². The van der Waals surface area contributed by atoms with Crippen LogP contribution in [0.2, 0.25) is 0 Å². The third-order valence-corrected chi connectivity index (χ3v) is 5.89. The fourth-order valence-electron chi connectivity index (χ4n) is 3.72. The molecule has 21 heavy (non-hydrogen) atoms. The normalized spacial score (nSPS) is 28.8. The molecular weight excluding hydrogens is 256 g/mol. The van der Waals surface area contributed by atoms with Crippen molar-refractivity contribution in [3.05, 3.63) is 35.9 Å². The summed E-state index contributed by atoms with van der Waals surface area (Å²) in [6, 6.07) is 11.2. The first kappa shape index (κ1) is 16.5. The van der Waals surface area contributed by atoms with Gasteiger partial charge in [-0.25, -0.2) is 0 Å². The third kappa shape index (κ3) is 3.87. The van der Waals surface area contributed by atoms with Crippen molar-refractivity contribution in [3.63, 3.8) is 0 Å². The predicted octanol–water partition coefficient (Wildman–Crippen LogP) is 3.91. The zero-order valence-corrected chi connectivity index (χ0v) is 14.2. The second kappa shape index (κ2) is 6.93. The summed E-state index contributed by atoms with van der Waals surface area (Å²) >= 11 is 0. The Morgan fingerprint density at radius 3 is 2.48 bits per heavy atom. The lowest BCUT2D eigenvalue weighted by atomic mass is 9.61. The Morgan fingerprint density at radius 1 is 1.19 bits per heavy atom. The Bertz CT molecular complexity index is 426. The second-order valence-electron chi connectivity index (χ2n) is 7.36. The highest BCUT2D eigenvalue weighted by atomic mass is 15.1. The number of hydrogen-bond acceptors (Lipinski definition) is 2. The summed E-state index contributed by atoms with van der Waals surface area (Å²) in [6.45, 7) is 12.8. The molecule has 0 heterocycles. The first-order valence-electron chi connectivity index (χ1n) is 8.47. The van der Waals surface area contributed by atoms with E-state index in [2.05, 4.69) is 62.9 Å². The summed E-state index contributed by atoms with van der Waals surface area (Å²) in [4.78, 5) is 2.59. The van der Waals surface area contributed by atoms with E-state index < -0.39 is 0 Å². The number of benzene rings is 1. The van der Waals surface area contributed by atoms with Crippen LogP contribution in [-0.2, 0) is 6.54 Å². The topological polar surface area (TPSA) is 29.3 Å². The molecular formula is C19H32N2. The molecule has 118 valence electrons. The van der Waals surface area contributed by atoms with Gasteiger partial charge < -0.3 is 5.73 Å². The lowest BCUT2D eigenvalue weighted by Gasteiger charge is -2.48. The van der Waals surface area contributed by atoms with E-state index in [1.54, 1.807) is 0 Å². The minimum absolute atomic E-state index is 0.335. The van der Waals surface area contributed by atoms with Crippen LogP contribution in [0.15, 0.2) is 30.3 Å². The maximum absolute atomic E-state index is 6.29. The van der Waals surface area contributed by atoms with Crippen LogP contribution in [-0.4, -0.2) is 24.0 Å². The fourth-order valence-corrected chi connectivity index (χ4v) is 3.72. The molecule has 3 unspecified atom stereocenters. The van der Waals surface area contributed by atoms with Gasteiger partial charge in [-0.05, 0) is 42.2 Å². The van der Waals surface area contributed by atoms with Crippen LogP contribution in [0.1, 0.15) is 46.1 Å². The maximum Gasteiger partial charge on any atom is 0.0233 e. The van der Waals surface area contributed by atoms with Crippen molar-refractivity contribution >= 4 is 0 Å². The molecule has 2 nitrogen and oxygen atoms in total. The number of hydrogen-bond donors (Lipinski definition) is 1. The molecule has 0 amide bonds. The Balaban J connectivity index is 2.01. The standard InChI is InChI=1S/C19H32N2/c1-5-21(13-16-9-7-6-8-10-16)14-17-11-12-18(20)15(2)19(17,3)4/h6-10,15,17-18H,5,11-14,20H2,1-4H3. The van der Waals surface area contributed by atoms with Crippen molar-refractivity contribution in [2.45, 2.75) is 53.1 Å². The van der Waals surface area contributed by atoms with E-state index >= 15 is 0 Å². The van der Waals surface area contributed by atoms with Gasteiger partial charge in [0.25, 0.3) is 0 Å². The Labute approximate surface area is 130 Å². The van der Waals surface area contributed by atoms with Gasteiger partial charge in [-0.1, -0.05) is 58.0 Å². The van der Waals surface area contributed by atoms with Crippen molar-refractivity contribution in [3.8, 4) is 0 Å². The second-order valence-corrected chi connectivity index (χ2v) is 7.36. The molecule has 1 aliphatic rings. The van der Waals surface area contributed by atoms with E-state index in [0.29, 0.717) is 17.4 Å². The van der Waals surface area contributed by atoms with Gasteiger partial charge in [0.15, 0.2) is 0 Å². The molecule has 1 saturated carbocycles. The average molecular weight is 288 g/mol. The lowest BCUT2D eigenvalue weighted by Crippen LogP contribution is -2.49. The van der Waals surface area contributed by atoms with E-state index in [4.69, 9.17) is 5.73 Å². The van der Waals surface area contributed by atoms with E-state index in [1.165, 1.54) is 24.9 Å². The number of rotatable bonds is 5. The van der Waals surface area contributed by atoms with Crippen LogP contribution in [0, 0.1) is 17.3 Å². The van der Waals surface area contributed by atoms with Gasteiger partial charge in [0, 0.05) is 19.1 Å². The summed E-state index contributed by atoms with van der Waals surface area (Å²) in [7, 11) is 0. The first-order valence-corrected chi connectivity index (χ1v) is 8.47. The number of nitrogens with zero attached hydrogens (tertiary/aromatic N) is 1. The summed E-state index contributed by atoms with van der Waals surface area (Å²) in [5.41, 5.74) is 8.04. The van der Waals surface area contributed by atoms with Gasteiger partial charge in [-0.15, -0.1) is 0 Å². The summed E-state index contributed by atoms with van der Waals surface area (Å²) in [5.74, 6) is 1.35. The molecule has 0 saturated heterocycles. The van der Waals surface area contributed by atoms with Gasteiger partial charge in [0.1, 0.15) is 0 Å².